The average molecular weight is 296 g/mol. The highest BCUT2D eigenvalue weighted by molar-refractivity contribution is 4.94. The molecule has 1 saturated carbocycles. The molecule has 0 spiro atoms. The lowest BCUT2D eigenvalue weighted by molar-refractivity contribution is 0.114. The van der Waals surface area contributed by atoms with Crippen LogP contribution in [0, 0.1) is 5.92 Å². The van der Waals surface area contributed by atoms with Gasteiger partial charge in [0.05, 0.1) is 6.61 Å². The van der Waals surface area contributed by atoms with Crippen LogP contribution in [0.2, 0.25) is 0 Å². The van der Waals surface area contributed by atoms with Gasteiger partial charge >= 0.3 is 0 Å². The minimum Gasteiger partial charge on any atom is -0.394 e. The van der Waals surface area contributed by atoms with E-state index in [1.54, 1.807) is 0 Å². The average Bonchev–Trinajstić information content (AvgIpc) is 3.26. The molecule has 0 aromatic rings. The van der Waals surface area contributed by atoms with Crippen LogP contribution in [0.15, 0.2) is 0 Å². The summed E-state index contributed by atoms with van der Waals surface area (Å²) >= 11 is 0. The molecule has 2 N–H and O–H groups in total. The molecule has 3 heteroatoms. The fourth-order valence-corrected chi connectivity index (χ4v) is 4.00. The van der Waals surface area contributed by atoms with E-state index >= 15 is 0 Å². The largest absolute Gasteiger partial charge is 0.394 e. The molecule has 1 saturated heterocycles. The second-order valence-corrected chi connectivity index (χ2v) is 7.81. The lowest BCUT2D eigenvalue weighted by Gasteiger charge is -2.36. The van der Waals surface area contributed by atoms with Gasteiger partial charge in [0, 0.05) is 17.6 Å². The molecule has 3 atom stereocenters. The number of nitrogens with zero attached hydrogens (tertiary/aromatic N) is 1. The summed E-state index contributed by atoms with van der Waals surface area (Å²) in [6.07, 6.45) is 10.5. The van der Waals surface area contributed by atoms with Crippen molar-refractivity contribution in [2.75, 3.05) is 19.7 Å². The topological polar surface area (TPSA) is 35.5 Å². The monoisotopic (exact) mass is 296 g/mol. The number of aliphatic hydroxyl groups is 1. The highest BCUT2D eigenvalue weighted by Crippen LogP contribution is 2.27. The van der Waals surface area contributed by atoms with Crippen LogP contribution in [0.25, 0.3) is 0 Å². The first-order valence-electron chi connectivity index (χ1n) is 9.19. The smallest absolute Gasteiger partial charge is 0.0611 e. The Labute approximate surface area is 131 Å². The first-order valence-corrected chi connectivity index (χ1v) is 9.19. The predicted octanol–water partition coefficient (Wildman–Crippen LogP) is 3.17. The van der Waals surface area contributed by atoms with Crippen molar-refractivity contribution in [3.8, 4) is 0 Å². The summed E-state index contributed by atoms with van der Waals surface area (Å²) in [5, 5.41) is 13.5. The molecule has 124 valence electrons. The van der Waals surface area contributed by atoms with Gasteiger partial charge in [0.25, 0.3) is 0 Å². The fourth-order valence-electron chi connectivity index (χ4n) is 4.00. The van der Waals surface area contributed by atoms with Crippen LogP contribution in [0.1, 0.15) is 72.1 Å². The Bertz CT molecular complexity index is 306. The Balaban J connectivity index is 1.82. The van der Waals surface area contributed by atoms with Crippen molar-refractivity contribution in [2.45, 2.75) is 89.8 Å². The molecule has 3 nitrogen and oxygen atoms in total. The van der Waals surface area contributed by atoms with Crippen molar-refractivity contribution in [3.63, 3.8) is 0 Å². The molecule has 2 rings (SSSR count). The number of rotatable bonds is 8. The molecule has 2 fully saturated rings. The highest BCUT2D eigenvalue weighted by Gasteiger charge is 2.34. The number of hydrogen-bond acceptors (Lipinski definition) is 3. The van der Waals surface area contributed by atoms with Crippen LogP contribution in [0.5, 0.6) is 0 Å². The standard InChI is InChI=1S/C18H36N2O/c1-4-6-16-7-5-11-20(12-10-16)15(2)13-18(3,14-21)19-17-8-9-17/h15-17,19,21H,4-14H2,1-3H3. The summed E-state index contributed by atoms with van der Waals surface area (Å²) < 4.78 is 0. The number of hydrogen-bond donors (Lipinski definition) is 2. The number of nitrogens with one attached hydrogen (secondary N) is 1. The van der Waals surface area contributed by atoms with E-state index in [4.69, 9.17) is 0 Å². The van der Waals surface area contributed by atoms with Crippen molar-refractivity contribution in [2.24, 2.45) is 5.92 Å². The van der Waals surface area contributed by atoms with Crippen molar-refractivity contribution >= 4 is 0 Å². The van der Waals surface area contributed by atoms with Crippen molar-refractivity contribution in [1.29, 1.82) is 0 Å². The van der Waals surface area contributed by atoms with Crippen molar-refractivity contribution in [3.05, 3.63) is 0 Å². The van der Waals surface area contributed by atoms with Crippen LogP contribution in [-0.4, -0.2) is 47.3 Å². The van der Waals surface area contributed by atoms with E-state index in [1.165, 1.54) is 58.0 Å². The van der Waals surface area contributed by atoms with E-state index in [0.717, 1.165) is 12.3 Å². The van der Waals surface area contributed by atoms with Crippen molar-refractivity contribution in [1.82, 2.24) is 10.2 Å². The SMILES string of the molecule is CCCC1CCCN(C(C)CC(C)(CO)NC2CC2)CC1. The molecule has 1 aliphatic heterocycles. The number of aliphatic hydroxyl groups excluding tert-OH is 1. The molecule has 0 aromatic heterocycles. The Hall–Kier alpha value is -0.120. The molecular formula is C18H36N2O. The maximum absolute atomic E-state index is 9.80. The summed E-state index contributed by atoms with van der Waals surface area (Å²) in [6, 6.07) is 1.22. The van der Waals surface area contributed by atoms with Gasteiger partial charge in [-0.1, -0.05) is 19.8 Å². The van der Waals surface area contributed by atoms with Gasteiger partial charge in [0.1, 0.15) is 0 Å². The van der Waals surface area contributed by atoms with Gasteiger partial charge in [0.2, 0.25) is 0 Å². The summed E-state index contributed by atoms with van der Waals surface area (Å²) in [4.78, 5) is 2.66. The maximum Gasteiger partial charge on any atom is 0.0611 e. The molecule has 1 aliphatic carbocycles. The van der Waals surface area contributed by atoms with Crippen LogP contribution in [0.3, 0.4) is 0 Å². The molecule has 0 amide bonds. The van der Waals surface area contributed by atoms with E-state index in [-0.39, 0.29) is 12.1 Å². The van der Waals surface area contributed by atoms with E-state index in [0.29, 0.717) is 12.1 Å². The minimum atomic E-state index is -0.101. The van der Waals surface area contributed by atoms with Gasteiger partial charge in [-0.05, 0) is 71.4 Å². The molecule has 0 bridgehead atoms. The quantitative estimate of drug-likeness (QED) is 0.722. The van der Waals surface area contributed by atoms with Gasteiger partial charge in [-0.25, -0.2) is 0 Å². The lowest BCUT2D eigenvalue weighted by atomic mass is 9.93. The summed E-state index contributed by atoms with van der Waals surface area (Å²) in [5.41, 5.74) is -0.101. The second-order valence-electron chi connectivity index (χ2n) is 7.81. The predicted molar refractivity (Wildman–Crippen MR) is 89.5 cm³/mol. The minimum absolute atomic E-state index is 0.101. The van der Waals surface area contributed by atoms with Crippen molar-refractivity contribution < 1.29 is 5.11 Å². The zero-order chi connectivity index (χ0) is 15.3. The van der Waals surface area contributed by atoms with Gasteiger partial charge in [-0.3, -0.25) is 0 Å². The molecule has 2 aliphatic rings. The van der Waals surface area contributed by atoms with E-state index in [9.17, 15) is 5.11 Å². The Morgan fingerprint density at radius 1 is 1.24 bits per heavy atom. The van der Waals surface area contributed by atoms with Gasteiger partial charge in [-0.2, -0.15) is 0 Å². The van der Waals surface area contributed by atoms with Gasteiger partial charge < -0.3 is 15.3 Å². The third-order valence-electron chi connectivity index (χ3n) is 5.43. The Morgan fingerprint density at radius 3 is 2.62 bits per heavy atom. The van der Waals surface area contributed by atoms with Crippen LogP contribution < -0.4 is 5.32 Å². The lowest BCUT2D eigenvalue weighted by Crippen LogP contribution is -2.51. The normalized spacial score (nSPS) is 28.9. The first-order chi connectivity index (χ1) is 10.1. The summed E-state index contributed by atoms with van der Waals surface area (Å²) in [7, 11) is 0. The van der Waals surface area contributed by atoms with Gasteiger partial charge in [0.15, 0.2) is 0 Å². The second kappa shape index (κ2) is 7.94. The molecule has 0 aromatic carbocycles. The van der Waals surface area contributed by atoms with Crippen LogP contribution in [-0.2, 0) is 0 Å². The third kappa shape index (κ3) is 5.54. The van der Waals surface area contributed by atoms with Gasteiger partial charge in [-0.15, -0.1) is 0 Å². The third-order valence-corrected chi connectivity index (χ3v) is 5.43. The molecule has 0 radical (unpaired) electrons. The first kappa shape index (κ1) is 17.2. The molecule has 1 heterocycles. The zero-order valence-electron chi connectivity index (χ0n) is 14.4. The Kier molecular flexibility index (Phi) is 6.51. The molecule has 3 unspecified atom stereocenters. The van der Waals surface area contributed by atoms with Crippen LogP contribution in [0.4, 0.5) is 0 Å². The van der Waals surface area contributed by atoms with E-state index < -0.39 is 0 Å². The summed E-state index contributed by atoms with van der Waals surface area (Å²) in [6.45, 7) is 9.59. The zero-order valence-corrected chi connectivity index (χ0v) is 14.4. The highest BCUT2D eigenvalue weighted by atomic mass is 16.3. The van der Waals surface area contributed by atoms with E-state index in [1.807, 2.05) is 0 Å². The van der Waals surface area contributed by atoms with Crippen LogP contribution >= 0.6 is 0 Å². The Morgan fingerprint density at radius 2 is 2.00 bits per heavy atom. The summed E-state index contributed by atoms with van der Waals surface area (Å²) in [5.74, 6) is 0.945. The molecular weight excluding hydrogens is 260 g/mol. The maximum atomic E-state index is 9.80. The molecule has 21 heavy (non-hydrogen) atoms. The fraction of sp³-hybridized carbons (Fsp3) is 1.00. The number of likely N-dealkylation sites (tertiary alicyclic amines) is 1. The van der Waals surface area contributed by atoms with E-state index in [2.05, 4.69) is 31.0 Å².